The van der Waals surface area contributed by atoms with Gasteiger partial charge < -0.3 is 5.32 Å². The number of hydrogen-bond donors (Lipinski definition) is 1. The lowest BCUT2D eigenvalue weighted by Gasteiger charge is -2.18. The highest BCUT2D eigenvalue weighted by Gasteiger charge is 2.35. The number of aryl methyl sites for hydroxylation is 3. The Balaban J connectivity index is 1.95. The quantitative estimate of drug-likeness (QED) is 0.684. The SMILES string of the molecule is Cc1cc(C)nc(-n2nc(C)c3c2NC(=O)C(C)SC3c2ccc(F)cc2F)n1. The highest BCUT2D eigenvalue weighted by atomic mass is 32.2. The van der Waals surface area contributed by atoms with Gasteiger partial charge in [0, 0.05) is 28.6 Å². The van der Waals surface area contributed by atoms with Gasteiger partial charge in [0.05, 0.1) is 16.2 Å². The van der Waals surface area contributed by atoms with Crippen LogP contribution in [0.25, 0.3) is 5.95 Å². The van der Waals surface area contributed by atoms with Gasteiger partial charge in [-0.25, -0.2) is 18.7 Å². The summed E-state index contributed by atoms with van der Waals surface area (Å²) in [7, 11) is 0. The zero-order valence-corrected chi connectivity index (χ0v) is 17.1. The van der Waals surface area contributed by atoms with E-state index in [-0.39, 0.29) is 5.91 Å². The molecule has 0 radical (unpaired) electrons. The Morgan fingerprint density at radius 3 is 2.45 bits per heavy atom. The highest BCUT2D eigenvalue weighted by molar-refractivity contribution is 8.01. The van der Waals surface area contributed by atoms with Gasteiger partial charge in [-0.15, -0.1) is 11.8 Å². The fourth-order valence-corrected chi connectivity index (χ4v) is 4.76. The van der Waals surface area contributed by atoms with Crippen LogP contribution in [0.1, 0.15) is 40.4 Å². The summed E-state index contributed by atoms with van der Waals surface area (Å²) in [5, 5.41) is 6.43. The van der Waals surface area contributed by atoms with Crippen LogP contribution in [-0.4, -0.2) is 30.9 Å². The molecule has 3 heterocycles. The van der Waals surface area contributed by atoms with Gasteiger partial charge in [0.1, 0.15) is 17.5 Å². The average molecular weight is 415 g/mol. The summed E-state index contributed by atoms with van der Waals surface area (Å²) in [5.74, 6) is -0.812. The van der Waals surface area contributed by atoms with Crippen LogP contribution in [0.2, 0.25) is 0 Å². The number of halogens is 2. The molecule has 1 N–H and O–H groups in total. The zero-order chi connectivity index (χ0) is 20.9. The van der Waals surface area contributed by atoms with Gasteiger partial charge in [-0.05, 0) is 39.8 Å². The Kier molecular flexibility index (Phi) is 4.85. The molecule has 9 heteroatoms. The van der Waals surface area contributed by atoms with E-state index in [0.29, 0.717) is 28.6 Å². The van der Waals surface area contributed by atoms with Crippen molar-refractivity contribution in [2.24, 2.45) is 0 Å². The molecule has 1 aliphatic heterocycles. The normalized spacial score (nSPS) is 18.9. The molecule has 0 aliphatic carbocycles. The van der Waals surface area contributed by atoms with Gasteiger partial charge in [0.25, 0.3) is 5.95 Å². The van der Waals surface area contributed by atoms with Crippen molar-refractivity contribution in [2.75, 3.05) is 5.32 Å². The van der Waals surface area contributed by atoms with E-state index in [1.54, 1.807) is 13.8 Å². The van der Waals surface area contributed by atoms with Crippen LogP contribution < -0.4 is 5.32 Å². The first-order valence-electron chi connectivity index (χ1n) is 9.08. The van der Waals surface area contributed by atoms with E-state index in [4.69, 9.17) is 0 Å². The zero-order valence-electron chi connectivity index (χ0n) is 16.3. The topological polar surface area (TPSA) is 72.7 Å². The number of hydrogen-bond acceptors (Lipinski definition) is 5. The molecule has 29 heavy (non-hydrogen) atoms. The third kappa shape index (κ3) is 3.50. The molecule has 2 unspecified atom stereocenters. The van der Waals surface area contributed by atoms with Crippen molar-refractivity contribution in [3.05, 3.63) is 64.1 Å². The summed E-state index contributed by atoms with van der Waals surface area (Å²) in [5.41, 5.74) is 3.08. The number of aromatic nitrogens is 4. The number of nitrogens with zero attached hydrogens (tertiary/aromatic N) is 4. The van der Waals surface area contributed by atoms with Gasteiger partial charge in [-0.3, -0.25) is 4.79 Å². The fourth-order valence-electron chi connectivity index (χ4n) is 3.42. The van der Waals surface area contributed by atoms with E-state index in [1.807, 2.05) is 19.9 Å². The lowest BCUT2D eigenvalue weighted by atomic mass is 10.0. The highest BCUT2D eigenvalue weighted by Crippen LogP contribution is 2.46. The molecule has 0 fully saturated rings. The maximum absolute atomic E-state index is 14.6. The first kappa shape index (κ1) is 19.5. The maximum Gasteiger partial charge on any atom is 0.252 e. The predicted molar refractivity (Wildman–Crippen MR) is 107 cm³/mol. The van der Waals surface area contributed by atoms with E-state index in [2.05, 4.69) is 20.4 Å². The largest absolute Gasteiger partial charge is 0.309 e. The van der Waals surface area contributed by atoms with Crippen molar-refractivity contribution < 1.29 is 13.6 Å². The van der Waals surface area contributed by atoms with Crippen molar-refractivity contribution >= 4 is 23.5 Å². The number of benzene rings is 1. The van der Waals surface area contributed by atoms with Gasteiger partial charge in [-0.1, -0.05) is 6.07 Å². The average Bonchev–Trinajstić information content (AvgIpc) is 2.88. The minimum Gasteiger partial charge on any atom is -0.309 e. The van der Waals surface area contributed by atoms with Crippen molar-refractivity contribution in [3.63, 3.8) is 0 Å². The second-order valence-corrected chi connectivity index (χ2v) is 8.47. The summed E-state index contributed by atoms with van der Waals surface area (Å²) in [6.45, 7) is 7.23. The number of rotatable bonds is 2. The first-order chi connectivity index (χ1) is 13.7. The molecule has 1 aromatic carbocycles. The minimum absolute atomic E-state index is 0.230. The smallest absolute Gasteiger partial charge is 0.252 e. The Labute approximate surface area is 170 Å². The fraction of sp³-hybridized carbons (Fsp3) is 0.300. The van der Waals surface area contributed by atoms with E-state index in [0.717, 1.165) is 17.5 Å². The van der Waals surface area contributed by atoms with Crippen molar-refractivity contribution in [2.45, 2.75) is 38.2 Å². The van der Waals surface area contributed by atoms with Gasteiger partial charge in [-0.2, -0.15) is 9.78 Å². The molecule has 0 bridgehead atoms. The summed E-state index contributed by atoms with van der Waals surface area (Å²) in [6, 6.07) is 5.33. The van der Waals surface area contributed by atoms with Crippen LogP contribution in [0.4, 0.5) is 14.6 Å². The van der Waals surface area contributed by atoms with E-state index in [9.17, 15) is 13.6 Å². The van der Waals surface area contributed by atoms with Crippen molar-refractivity contribution in [1.29, 1.82) is 0 Å². The Hall–Kier alpha value is -2.81. The Bertz CT molecular complexity index is 1110. The molecule has 6 nitrogen and oxygen atoms in total. The van der Waals surface area contributed by atoms with Gasteiger partial charge in [0.2, 0.25) is 5.91 Å². The third-order valence-corrected chi connectivity index (χ3v) is 6.11. The molecule has 0 saturated heterocycles. The van der Waals surface area contributed by atoms with E-state index < -0.39 is 22.1 Å². The lowest BCUT2D eigenvalue weighted by Crippen LogP contribution is -2.23. The number of thioether (sulfide) groups is 1. The number of carbonyl (C=O) groups excluding carboxylic acids is 1. The number of nitrogens with one attached hydrogen (secondary N) is 1. The van der Waals surface area contributed by atoms with E-state index >= 15 is 0 Å². The van der Waals surface area contributed by atoms with Gasteiger partial charge >= 0.3 is 0 Å². The molecule has 150 valence electrons. The molecule has 1 aliphatic rings. The number of fused-ring (bicyclic) bond motifs is 1. The van der Waals surface area contributed by atoms with Crippen LogP contribution in [0, 0.1) is 32.4 Å². The molecular formula is C20H19F2N5OS. The molecule has 4 rings (SSSR count). The van der Waals surface area contributed by atoms with Crippen molar-refractivity contribution in [3.8, 4) is 5.95 Å². The Morgan fingerprint density at radius 2 is 1.79 bits per heavy atom. The number of carbonyl (C=O) groups is 1. The lowest BCUT2D eigenvalue weighted by molar-refractivity contribution is -0.115. The molecule has 3 aromatic rings. The molecule has 0 saturated carbocycles. The van der Waals surface area contributed by atoms with Gasteiger partial charge in [0.15, 0.2) is 0 Å². The molecule has 2 atom stereocenters. The summed E-state index contributed by atoms with van der Waals surface area (Å²) in [6.07, 6.45) is 0. The summed E-state index contributed by atoms with van der Waals surface area (Å²) >= 11 is 1.29. The van der Waals surface area contributed by atoms with Crippen LogP contribution in [0.15, 0.2) is 24.3 Å². The third-order valence-electron chi connectivity index (χ3n) is 4.72. The second kappa shape index (κ2) is 7.22. The number of anilines is 1. The minimum atomic E-state index is -0.662. The Morgan fingerprint density at radius 1 is 1.10 bits per heavy atom. The maximum atomic E-state index is 14.6. The molecule has 0 spiro atoms. The summed E-state index contributed by atoms with van der Waals surface area (Å²) < 4.78 is 29.6. The molecule has 2 aromatic heterocycles. The predicted octanol–water partition coefficient (Wildman–Crippen LogP) is 4.03. The van der Waals surface area contributed by atoms with E-state index in [1.165, 1.54) is 28.6 Å². The van der Waals surface area contributed by atoms with Crippen LogP contribution in [0.5, 0.6) is 0 Å². The van der Waals surface area contributed by atoms with Crippen LogP contribution >= 0.6 is 11.8 Å². The molecular weight excluding hydrogens is 396 g/mol. The second-order valence-electron chi connectivity index (χ2n) is 7.02. The first-order valence-corrected chi connectivity index (χ1v) is 10.0. The van der Waals surface area contributed by atoms with Crippen LogP contribution in [-0.2, 0) is 4.79 Å². The van der Waals surface area contributed by atoms with Crippen molar-refractivity contribution in [1.82, 2.24) is 19.7 Å². The van der Waals surface area contributed by atoms with Crippen LogP contribution in [0.3, 0.4) is 0 Å². The number of amides is 1. The molecule has 1 amide bonds. The standard InChI is InChI=1S/C20H19F2N5OS/c1-9-7-10(2)24-20(23-9)27-18-16(11(3)26-27)17(29-12(4)19(28)25-18)14-6-5-13(21)8-15(14)22/h5-8,12,17H,1-4H3,(H,25,28). The monoisotopic (exact) mass is 415 g/mol. The summed E-state index contributed by atoms with van der Waals surface area (Å²) in [4.78, 5) is 21.5.